The Bertz CT molecular complexity index is 796. The smallest absolute Gasteiger partial charge is 0.344 e. The third-order valence-electron chi connectivity index (χ3n) is 2.75. The van der Waals surface area contributed by atoms with Crippen LogP contribution in [0.5, 0.6) is 0 Å². The number of carboxylic acid groups (broad SMARTS) is 2. The van der Waals surface area contributed by atoms with Gasteiger partial charge in [0.05, 0.1) is 11.7 Å². The van der Waals surface area contributed by atoms with Crippen LogP contribution >= 0.6 is 0 Å². The first-order chi connectivity index (χ1) is 10.9. The number of fused-ring (bicyclic) bond motifs is 1. The molecule has 0 spiro atoms. The predicted octanol–water partition coefficient (Wildman–Crippen LogP) is 0.540. The lowest BCUT2D eigenvalue weighted by Crippen LogP contribution is -2.39. The van der Waals surface area contributed by atoms with E-state index in [9.17, 15) is 14.4 Å². The molecule has 0 bridgehead atoms. The van der Waals surface area contributed by atoms with Gasteiger partial charge in [0.1, 0.15) is 6.33 Å². The molecule has 0 atom stereocenters. The Morgan fingerprint density at radius 2 is 1.78 bits per heavy atom. The van der Waals surface area contributed by atoms with Crippen LogP contribution in [-0.2, 0) is 14.4 Å². The second-order valence-electron chi connectivity index (χ2n) is 4.41. The average molecular weight is 316 g/mol. The SMILES string of the molecule is CC(=O)NN(C=C(C(=O)O)C(=O)O)c1ncnc2ccccc12. The predicted molar refractivity (Wildman–Crippen MR) is 79.2 cm³/mol. The number of nitrogens with one attached hydrogen (secondary N) is 1. The van der Waals surface area contributed by atoms with Gasteiger partial charge in [-0.2, -0.15) is 0 Å². The van der Waals surface area contributed by atoms with Gasteiger partial charge in [-0.3, -0.25) is 10.2 Å². The molecule has 1 aromatic heterocycles. The number of rotatable bonds is 5. The van der Waals surface area contributed by atoms with Crippen molar-refractivity contribution in [2.75, 3.05) is 5.01 Å². The highest BCUT2D eigenvalue weighted by Gasteiger charge is 2.20. The largest absolute Gasteiger partial charge is 0.477 e. The second-order valence-corrected chi connectivity index (χ2v) is 4.41. The second kappa shape index (κ2) is 6.52. The molecule has 1 aromatic carbocycles. The highest BCUT2D eigenvalue weighted by atomic mass is 16.4. The van der Waals surface area contributed by atoms with E-state index in [0.29, 0.717) is 10.9 Å². The Morgan fingerprint density at radius 1 is 1.13 bits per heavy atom. The molecule has 0 aliphatic rings. The maximum Gasteiger partial charge on any atom is 0.344 e. The van der Waals surface area contributed by atoms with Gasteiger partial charge in [0.2, 0.25) is 5.91 Å². The first-order valence-corrected chi connectivity index (χ1v) is 6.34. The molecule has 1 heterocycles. The lowest BCUT2D eigenvalue weighted by molar-refractivity contribution is -0.140. The van der Waals surface area contributed by atoms with E-state index in [-0.39, 0.29) is 5.82 Å². The van der Waals surface area contributed by atoms with E-state index in [2.05, 4.69) is 15.4 Å². The van der Waals surface area contributed by atoms with E-state index < -0.39 is 23.4 Å². The van der Waals surface area contributed by atoms with Crippen LogP contribution in [0.4, 0.5) is 5.82 Å². The van der Waals surface area contributed by atoms with Crippen LogP contribution in [0.2, 0.25) is 0 Å². The molecule has 0 saturated heterocycles. The van der Waals surface area contributed by atoms with Gasteiger partial charge in [0.25, 0.3) is 0 Å². The maximum atomic E-state index is 11.4. The van der Waals surface area contributed by atoms with Gasteiger partial charge in [-0.1, -0.05) is 12.1 Å². The van der Waals surface area contributed by atoms with Crippen LogP contribution in [0.1, 0.15) is 6.92 Å². The minimum absolute atomic E-state index is 0.144. The molecular formula is C14H12N4O5. The van der Waals surface area contributed by atoms with Crippen molar-refractivity contribution >= 4 is 34.6 Å². The summed E-state index contributed by atoms with van der Waals surface area (Å²) in [6.07, 6.45) is 2.00. The Labute approximate surface area is 129 Å². The third-order valence-corrected chi connectivity index (χ3v) is 2.75. The zero-order chi connectivity index (χ0) is 17.0. The molecule has 0 fully saturated rings. The Kier molecular flexibility index (Phi) is 4.50. The summed E-state index contributed by atoms with van der Waals surface area (Å²) in [4.78, 5) is 41.5. The van der Waals surface area contributed by atoms with E-state index in [1.54, 1.807) is 24.3 Å². The monoisotopic (exact) mass is 316 g/mol. The highest BCUT2D eigenvalue weighted by molar-refractivity contribution is 6.12. The number of carboxylic acids is 2. The van der Waals surface area contributed by atoms with E-state index in [1.807, 2.05) is 0 Å². The minimum atomic E-state index is -1.65. The molecule has 118 valence electrons. The lowest BCUT2D eigenvalue weighted by atomic mass is 10.2. The molecule has 0 saturated carbocycles. The van der Waals surface area contributed by atoms with Crippen molar-refractivity contribution in [1.82, 2.24) is 15.4 Å². The summed E-state index contributed by atoms with van der Waals surface area (Å²) in [5, 5.41) is 19.4. The number of carbonyl (C=O) groups is 3. The fraction of sp³-hybridized carbons (Fsp3) is 0.0714. The summed E-state index contributed by atoms with van der Waals surface area (Å²) in [5.41, 5.74) is 1.95. The van der Waals surface area contributed by atoms with E-state index in [4.69, 9.17) is 10.2 Å². The number of hydrogen-bond acceptors (Lipinski definition) is 6. The number of amides is 1. The number of hydrazine groups is 1. The molecule has 2 aromatic rings. The number of nitrogens with zero attached hydrogens (tertiary/aromatic N) is 3. The summed E-state index contributed by atoms with van der Waals surface area (Å²) >= 11 is 0. The van der Waals surface area contributed by atoms with Crippen molar-refractivity contribution in [2.45, 2.75) is 6.92 Å². The molecule has 0 aliphatic carbocycles. The van der Waals surface area contributed by atoms with Crippen LogP contribution in [0, 0.1) is 0 Å². The topological polar surface area (TPSA) is 133 Å². The van der Waals surface area contributed by atoms with Crippen LogP contribution in [0.25, 0.3) is 10.9 Å². The van der Waals surface area contributed by atoms with Crippen LogP contribution < -0.4 is 10.4 Å². The number of carbonyl (C=O) groups excluding carboxylic acids is 1. The van der Waals surface area contributed by atoms with Crippen molar-refractivity contribution in [3.8, 4) is 0 Å². The number of aliphatic carboxylic acids is 2. The Balaban J connectivity index is 2.62. The van der Waals surface area contributed by atoms with E-state index >= 15 is 0 Å². The summed E-state index contributed by atoms with van der Waals surface area (Å²) in [6.45, 7) is 1.20. The number of benzene rings is 1. The standard InChI is InChI=1S/C14H12N4O5/c1-8(19)17-18(6-10(13(20)21)14(22)23)12-9-4-2-3-5-11(9)15-7-16-12/h2-7H,1H3,(H,17,19)(H,20,21)(H,22,23). The molecule has 9 heteroatoms. The molecule has 0 radical (unpaired) electrons. The van der Waals surface area contributed by atoms with Gasteiger partial charge in [0, 0.05) is 12.3 Å². The Hall–Kier alpha value is -3.49. The van der Waals surface area contributed by atoms with Crippen molar-refractivity contribution in [3.63, 3.8) is 0 Å². The molecule has 1 amide bonds. The fourth-order valence-corrected chi connectivity index (χ4v) is 1.83. The van der Waals surface area contributed by atoms with Crippen molar-refractivity contribution in [1.29, 1.82) is 0 Å². The van der Waals surface area contributed by atoms with Crippen LogP contribution in [0.3, 0.4) is 0 Å². The molecule has 2 rings (SSSR count). The summed E-state index contributed by atoms with van der Waals surface area (Å²) in [5.74, 6) is -3.68. The van der Waals surface area contributed by atoms with Crippen LogP contribution in [-0.4, -0.2) is 38.0 Å². The minimum Gasteiger partial charge on any atom is -0.477 e. The maximum absolute atomic E-state index is 11.4. The number of anilines is 1. The van der Waals surface area contributed by atoms with Crippen molar-refractivity contribution in [3.05, 3.63) is 42.4 Å². The van der Waals surface area contributed by atoms with Gasteiger partial charge in [-0.15, -0.1) is 0 Å². The summed E-state index contributed by atoms with van der Waals surface area (Å²) in [7, 11) is 0. The quantitative estimate of drug-likeness (QED) is 0.315. The number of aromatic nitrogens is 2. The Morgan fingerprint density at radius 3 is 2.39 bits per heavy atom. The normalized spacial score (nSPS) is 9.96. The number of para-hydroxylation sites is 1. The van der Waals surface area contributed by atoms with Gasteiger partial charge in [0.15, 0.2) is 11.4 Å². The molecular weight excluding hydrogens is 304 g/mol. The first-order valence-electron chi connectivity index (χ1n) is 6.34. The molecule has 9 nitrogen and oxygen atoms in total. The molecule has 0 aliphatic heterocycles. The van der Waals surface area contributed by atoms with Crippen LogP contribution in [0.15, 0.2) is 42.4 Å². The fourth-order valence-electron chi connectivity index (χ4n) is 1.83. The van der Waals surface area contributed by atoms with Gasteiger partial charge in [-0.25, -0.2) is 24.6 Å². The zero-order valence-corrected chi connectivity index (χ0v) is 11.9. The third kappa shape index (κ3) is 3.59. The van der Waals surface area contributed by atoms with Gasteiger partial charge >= 0.3 is 11.9 Å². The van der Waals surface area contributed by atoms with Crippen molar-refractivity contribution in [2.24, 2.45) is 0 Å². The van der Waals surface area contributed by atoms with Crippen molar-refractivity contribution < 1.29 is 24.6 Å². The summed E-state index contributed by atoms with van der Waals surface area (Å²) < 4.78 is 0. The highest BCUT2D eigenvalue weighted by Crippen LogP contribution is 2.22. The first kappa shape index (κ1) is 15.9. The lowest BCUT2D eigenvalue weighted by Gasteiger charge is -2.21. The molecule has 23 heavy (non-hydrogen) atoms. The van der Waals surface area contributed by atoms with E-state index in [1.165, 1.54) is 13.3 Å². The summed E-state index contributed by atoms with van der Waals surface area (Å²) in [6, 6.07) is 6.82. The molecule has 0 unspecified atom stereocenters. The average Bonchev–Trinajstić information content (AvgIpc) is 2.49. The molecule has 3 N–H and O–H groups in total. The van der Waals surface area contributed by atoms with Gasteiger partial charge < -0.3 is 10.2 Å². The van der Waals surface area contributed by atoms with Gasteiger partial charge in [-0.05, 0) is 12.1 Å². The number of hydrogen-bond donors (Lipinski definition) is 3. The van der Waals surface area contributed by atoms with E-state index in [0.717, 1.165) is 11.2 Å². The zero-order valence-electron chi connectivity index (χ0n) is 11.9.